The Morgan fingerprint density at radius 1 is 1.00 bits per heavy atom. The first kappa shape index (κ1) is 20.7. The Hall–Kier alpha value is -1.05. The van der Waals surface area contributed by atoms with Gasteiger partial charge in [0.15, 0.2) is 4.90 Å². The van der Waals surface area contributed by atoms with Crippen LogP contribution in [0.25, 0.3) is 0 Å². The summed E-state index contributed by atoms with van der Waals surface area (Å²) in [4.78, 5) is 5.69. The van der Waals surface area contributed by atoms with E-state index in [1.807, 2.05) is 24.3 Å². The van der Waals surface area contributed by atoms with Crippen LogP contribution in [-0.2, 0) is 23.5 Å². The van der Waals surface area contributed by atoms with Gasteiger partial charge in [0, 0.05) is 38.5 Å². The van der Waals surface area contributed by atoms with Gasteiger partial charge in [-0.05, 0) is 41.4 Å². The molecule has 1 aliphatic heterocycles. The molecule has 0 amide bonds. The van der Waals surface area contributed by atoms with Crippen LogP contribution < -0.4 is 0 Å². The highest BCUT2D eigenvalue weighted by atomic mass is 32.2. The highest BCUT2D eigenvalue weighted by Crippen LogP contribution is 2.20. The molecule has 1 fully saturated rings. The van der Waals surface area contributed by atoms with Crippen molar-refractivity contribution in [2.45, 2.75) is 24.1 Å². The topological polar surface area (TPSA) is 29.5 Å². The smallest absolute Gasteiger partial charge is 0.152 e. The van der Waals surface area contributed by atoms with E-state index in [9.17, 15) is 4.55 Å². The van der Waals surface area contributed by atoms with Crippen molar-refractivity contribution in [3.63, 3.8) is 0 Å². The highest BCUT2D eigenvalue weighted by Gasteiger charge is 2.19. The molecule has 1 heterocycles. The standard InChI is InChI=1S/C21H26N2OS3/c1-17-3-5-18(6-4-17)15-22-11-13-23(14-12-22)21(25)26-16-19-7-9-20(10-8-19)27(2)24/h3-10H,11-16H2,1-2H3. The lowest BCUT2D eigenvalue weighted by Gasteiger charge is -2.36. The molecule has 0 aromatic heterocycles. The Morgan fingerprint density at radius 2 is 1.59 bits per heavy atom. The second-order valence-corrected chi connectivity index (χ2v) is 9.89. The fourth-order valence-electron chi connectivity index (χ4n) is 3.05. The SMILES string of the molecule is Cc1ccc(CN2CCN(C(=S)SCc3ccc([S+](C)[O-])cc3)CC2)cc1. The van der Waals surface area contributed by atoms with Crippen molar-refractivity contribution in [3.8, 4) is 0 Å². The van der Waals surface area contributed by atoms with Crippen LogP contribution in [0, 0.1) is 6.92 Å². The summed E-state index contributed by atoms with van der Waals surface area (Å²) >= 11 is 6.45. The van der Waals surface area contributed by atoms with E-state index in [1.165, 1.54) is 16.7 Å². The largest absolute Gasteiger partial charge is 0.612 e. The molecule has 0 N–H and O–H groups in total. The zero-order valence-electron chi connectivity index (χ0n) is 15.9. The predicted molar refractivity (Wildman–Crippen MR) is 121 cm³/mol. The van der Waals surface area contributed by atoms with Crippen LogP contribution in [0.15, 0.2) is 53.4 Å². The number of benzene rings is 2. The fraction of sp³-hybridized carbons (Fsp3) is 0.381. The summed E-state index contributed by atoms with van der Waals surface area (Å²) in [7, 11) is 0. The van der Waals surface area contributed by atoms with E-state index in [2.05, 4.69) is 41.0 Å². The second-order valence-electron chi connectivity index (χ2n) is 6.90. The molecular weight excluding hydrogens is 392 g/mol. The second kappa shape index (κ2) is 9.94. The minimum absolute atomic E-state index is 0.860. The van der Waals surface area contributed by atoms with E-state index in [-0.39, 0.29) is 0 Å². The Labute approximate surface area is 175 Å². The van der Waals surface area contributed by atoms with Gasteiger partial charge in [0.2, 0.25) is 0 Å². The van der Waals surface area contributed by atoms with Gasteiger partial charge in [-0.25, -0.2) is 0 Å². The van der Waals surface area contributed by atoms with Gasteiger partial charge in [0.1, 0.15) is 10.6 Å². The Morgan fingerprint density at radius 3 is 2.19 bits per heavy atom. The summed E-state index contributed by atoms with van der Waals surface area (Å²) in [6, 6.07) is 16.8. The van der Waals surface area contributed by atoms with Crippen LogP contribution in [0.5, 0.6) is 0 Å². The van der Waals surface area contributed by atoms with Crippen molar-refractivity contribution in [3.05, 3.63) is 65.2 Å². The van der Waals surface area contributed by atoms with E-state index < -0.39 is 11.2 Å². The van der Waals surface area contributed by atoms with Crippen molar-refractivity contribution >= 4 is 39.5 Å². The van der Waals surface area contributed by atoms with Crippen LogP contribution in [-0.4, -0.2) is 51.1 Å². The van der Waals surface area contributed by atoms with Crippen molar-refractivity contribution in [1.82, 2.24) is 9.80 Å². The first-order valence-electron chi connectivity index (χ1n) is 9.13. The Balaban J connectivity index is 1.42. The number of thiocarbonyl (C=S) groups is 1. The van der Waals surface area contributed by atoms with Gasteiger partial charge in [-0.15, -0.1) is 0 Å². The summed E-state index contributed by atoms with van der Waals surface area (Å²) in [5, 5.41) is 0. The molecule has 27 heavy (non-hydrogen) atoms. The third-order valence-electron chi connectivity index (χ3n) is 4.77. The van der Waals surface area contributed by atoms with E-state index in [4.69, 9.17) is 12.2 Å². The number of hydrogen-bond donors (Lipinski definition) is 0. The lowest BCUT2D eigenvalue weighted by molar-refractivity contribution is 0.179. The maximum atomic E-state index is 11.5. The van der Waals surface area contributed by atoms with Crippen molar-refractivity contribution in [1.29, 1.82) is 0 Å². The van der Waals surface area contributed by atoms with Gasteiger partial charge in [0.05, 0.1) is 0 Å². The average molecular weight is 419 g/mol. The Kier molecular flexibility index (Phi) is 7.61. The third-order valence-corrected chi connectivity index (χ3v) is 7.31. The number of piperazine rings is 1. The molecule has 0 spiro atoms. The summed E-state index contributed by atoms with van der Waals surface area (Å²) in [5.74, 6) is 0.860. The monoisotopic (exact) mass is 418 g/mol. The van der Waals surface area contributed by atoms with Crippen LogP contribution in [0.1, 0.15) is 16.7 Å². The van der Waals surface area contributed by atoms with E-state index in [0.29, 0.717) is 0 Å². The lowest BCUT2D eigenvalue weighted by Crippen LogP contribution is -2.47. The summed E-state index contributed by atoms with van der Waals surface area (Å²) in [5.41, 5.74) is 3.90. The number of rotatable bonds is 5. The zero-order chi connectivity index (χ0) is 19.2. The summed E-state index contributed by atoms with van der Waals surface area (Å²) in [6.07, 6.45) is 1.71. The maximum absolute atomic E-state index is 11.5. The summed E-state index contributed by atoms with van der Waals surface area (Å²) in [6.45, 7) is 7.22. The van der Waals surface area contributed by atoms with Gasteiger partial charge in [-0.1, -0.05) is 65.9 Å². The fourth-order valence-corrected chi connectivity index (χ4v) is 4.78. The normalized spacial score (nSPS) is 16.3. The van der Waals surface area contributed by atoms with Gasteiger partial charge in [-0.3, -0.25) is 4.90 Å². The molecule has 1 atom stereocenters. The molecule has 3 rings (SSSR count). The third kappa shape index (κ3) is 6.22. The van der Waals surface area contributed by atoms with Gasteiger partial charge in [0.25, 0.3) is 0 Å². The van der Waals surface area contributed by atoms with Gasteiger partial charge >= 0.3 is 0 Å². The van der Waals surface area contributed by atoms with Gasteiger partial charge in [-0.2, -0.15) is 0 Å². The van der Waals surface area contributed by atoms with Crippen LogP contribution in [0.2, 0.25) is 0 Å². The molecule has 2 aromatic carbocycles. The molecule has 0 saturated carbocycles. The molecule has 1 aliphatic rings. The summed E-state index contributed by atoms with van der Waals surface area (Å²) < 4.78 is 12.4. The number of nitrogens with zero attached hydrogens (tertiary/aromatic N) is 2. The number of hydrogen-bond acceptors (Lipinski definition) is 4. The van der Waals surface area contributed by atoms with Crippen molar-refractivity contribution in [2.24, 2.45) is 0 Å². The van der Waals surface area contributed by atoms with Crippen LogP contribution in [0.3, 0.4) is 0 Å². The zero-order valence-corrected chi connectivity index (χ0v) is 18.3. The molecule has 6 heteroatoms. The van der Waals surface area contributed by atoms with E-state index >= 15 is 0 Å². The molecule has 144 valence electrons. The molecule has 2 aromatic rings. The maximum Gasteiger partial charge on any atom is 0.152 e. The number of thioether (sulfide) groups is 1. The predicted octanol–water partition coefficient (Wildman–Crippen LogP) is 4.07. The Bertz CT molecular complexity index is 739. The van der Waals surface area contributed by atoms with Crippen LogP contribution in [0.4, 0.5) is 0 Å². The molecule has 1 saturated heterocycles. The molecule has 0 bridgehead atoms. The quantitative estimate of drug-likeness (QED) is 0.539. The molecule has 0 radical (unpaired) electrons. The lowest BCUT2D eigenvalue weighted by atomic mass is 10.1. The first-order chi connectivity index (χ1) is 13.0. The first-order valence-corrected chi connectivity index (χ1v) is 12.1. The molecular formula is C21H26N2OS3. The van der Waals surface area contributed by atoms with Crippen molar-refractivity contribution < 1.29 is 4.55 Å². The van der Waals surface area contributed by atoms with Gasteiger partial charge < -0.3 is 9.45 Å². The van der Waals surface area contributed by atoms with E-state index in [1.54, 1.807) is 18.0 Å². The minimum atomic E-state index is -0.919. The molecule has 1 unspecified atom stereocenters. The molecule has 0 aliphatic carbocycles. The van der Waals surface area contributed by atoms with E-state index in [0.717, 1.165) is 47.7 Å². The van der Waals surface area contributed by atoms with Crippen molar-refractivity contribution in [2.75, 3.05) is 32.4 Å². The molecule has 3 nitrogen and oxygen atoms in total. The average Bonchev–Trinajstić information content (AvgIpc) is 2.69. The minimum Gasteiger partial charge on any atom is -0.612 e. The number of aryl methyl sites for hydroxylation is 1. The highest BCUT2D eigenvalue weighted by molar-refractivity contribution is 8.22. The van der Waals surface area contributed by atoms with Crippen LogP contribution >= 0.6 is 24.0 Å².